The number of nitrogens with zero attached hydrogens (tertiary/aromatic N) is 1. The van der Waals surface area contributed by atoms with Gasteiger partial charge in [0, 0.05) is 17.3 Å². The maximum absolute atomic E-state index is 5.99. The van der Waals surface area contributed by atoms with Crippen molar-refractivity contribution in [3.05, 3.63) is 40.1 Å². The van der Waals surface area contributed by atoms with E-state index in [9.17, 15) is 0 Å². The van der Waals surface area contributed by atoms with E-state index in [1.54, 1.807) is 11.3 Å². The highest BCUT2D eigenvalue weighted by molar-refractivity contribution is 7.09. The zero-order valence-corrected chi connectivity index (χ0v) is 8.14. The molecule has 0 aliphatic carbocycles. The summed E-state index contributed by atoms with van der Waals surface area (Å²) in [6, 6.07) is 3.79. The first kappa shape index (κ1) is 8.47. The van der Waals surface area contributed by atoms with Crippen LogP contribution in [0.15, 0.2) is 23.7 Å². The summed E-state index contributed by atoms with van der Waals surface area (Å²) >= 11 is 1.63. The molecule has 13 heavy (non-hydrogen) atoms. The van der Waals surface area contributed by atoms with E-state index in [0.29, 0.717) is 0 Å². The lowest BCUT2D eigenvalue weighted by molar-refractivity contribution is 0.807. The summed E-state index contributed by atoms with van der Waals surface area (Å²) in [7, 11) is 0. The molecule has 0 aliphatic rings. The van der Waals surface area contributed by atoms with Gasteiger partial charge in [0.25, 0.3) is 0 Å². The van der Waals surface area contributed by atoms with Crippen LogP contribution in [0.5, 0.6) is 0 Å². The van der Waals surface area contributed by atoms with Crippen molar-refractivity contribution in [1.29, 1.82) is 0 Å². The second-order valence-corrected chi connectivity index (χ2v) is 3.96. The molecule has 2 heterocycles. The van der Waals surface area contributed by atoms with Gasteiger partial charge in [-0.05, 0) is 19.1 Å². The Balaban J connectivity index is 2.28. The van der Waals surface area contributed by atoms with Gasteiger partial charge in [-0.2, -0.15) is 0 Å². The van der Waals surface area contributed by atoms with Crippen LogP contribution in [-0.4, -0.2) is 9.97 Å². The molecule has 2 aromatic heterocycles. The zero-order valence-electron chi connectivity index (χ0n) is 7.32. The molecule has 0 amide bonds. The maximum atomic E-state index is 5.99. The molecule has 2 rings (SSSR count). The van der Waals surface area contributed by atoms with Crippen LogP contribution in [0.3, 0.4) is 0 Å². The fraction of sp³-hybridized carbons (Fsp3) is 0.222. The van der Waals surface area contributed by atoms with Crippen molar-refractivity contribution in [2.75, 3.05) is 0 Å². The van der Waals surface area contributed by atoms with Crippen molar-refractivity contribution >= 4 is 11.3 Å². The fourth-order valence-electron chi connectivity index (χ4n) is 1.22. The van der Waals surface area contributed by atoms with E-state index in [-0.39, 0.29) is 6.04 Å². The number of hydrogen-bond acceptors (Lipinski definition) is 3. The van der Waals surface area contributed by atoms with Gasteiger partial charge in [-0.25, -0.2) is 4.98 Å². The lowest BCUT2D eigenvalue weighted by Crippen LogP contribution is -2.12. The summed E-state index contributed by atoms with van der Waals surface area (Å²) in [6.45, 7) is 1.98. The lowest BCUT2D eigenvalue weighted by Gasteiger charge is -2.05. The molecular weight excluding hydrogens is 182 g/mol. The molecule has 0 spiro atoms. The molecule has 1 unspecified atom stereocenters. The molecule has 0 fully saturated rings. The molecule has 2 aromatic rings. The van der Waals surface area contributed by atoms with Crippen LogP contribution in [-0.2, 0) is 0 Å². The van der Waals surface area contributed by atoms with Crippen LogP contribution in [0.25, 0.3) is 0 Å². The quantitative estimate of drug-likeness (QED) is 0.764. The van der Waals surface area contributed by atoms with Gasteiger partial charge in [-0.15, -0.1) is 11.3 Å². The van der Waals surface area contributed by atoms with Crippen molar-refractivity contribution in [2.45, 2.75) is 13.0 Å². The van der Waals surface area contributed by atoms with Crippen LogP contribution in [0.1, 0.15) is 22.4 Å². The van der Waals surface area contributed by atoms with Gasteiger partial charge >= 0.3 is 0 Å². The average Bonchev–Trinajstić information content (AvgIpc) is 2.72. The molecule has 0 saturated carbocycles. The number of nitrogens with one attached hydrogen (secondary N) is 1. The fourth-order valence-corrected chi connectivity index (χ4v) is 1.87. The third kappa shape index (κ3) is 1.64. The van der Waals surface area contributed by atoms with Gasteiger partial charge < -0.3 is 10.7 Å². The van der Waals surface area contributed by atoms with Crippen molar-refractivity contribution in [1.82, 2.24) is 9.97 Å². The summed E-state index contributed by atoms with van der Waals surface area (Å²) in [6.07, 6.45) is 1.87. The summed E-state index contributed by atoms with van der Waals surface area (Å²) < 4.78 is 0. The van der Waals surface area contributed by atoms with Gasteiger partial charge in [0.15, 0.2) is 0 Å². The van der Waals surface area contributed by atoms with E-state index >= 15 is 0 Å². The molecule has 0 aromatic carbocycles. The number of thiazole rings is 1. The van der Waals surface area contributed by atoms with Crippen molar-refractivity contribution in [3.8, 4) is 0 Å². The van der Waals surface area contributed by atoms with Gasteiger partial charge in [-0.3, -0.25) is 0 Å². The number of hydrogen-bond donors (Lipinski definition) is 2. The summed E-state index contributed by atoms with van der Waals surface area (Å²) in [5.74, 6) is 0. The Bertz CT molecular complexity index is 377. The highest BCUT2D eigenvalue weighted by Crippen LogP contribution is 2.19. The molecule has 4 heteroatoms. The Morgan fingerprint density at radius 3 is 3.00 bits per heavy atom. The molecule has 0 aliphatic heterocycles. The largest absolute Gasteiger partial charge is 0.363 e. The molecule has 0 saturated heterocycles. The highest BCUT2D eigenvalue weighted by atomic mass is 32.1. The summed E-state index contributed by atoms with van der Waals surface area (Å²) in [4.78, 5) is 7.42. The third-order valence-corrected chi connectivity index (χ3v) is 2.70. The standard InChI is InChI=1S/C9H11N3S/c1-6-12-8(5-13-6)9(10)7-3-2-4-11-7/h2-5,9,11H,10H2,1H3. The zero-order chi connectivity index (χ0) is 9.26. The second kappa shape index (κ2) is 3.32. The smallest absolute Gasteiger partial charge is 0.0898 e. The molecule has 3 N–H and O–H groups in total. The molecule has 1 atom stereocenters. The minimum Gasteiger partial charge on any atom is -0.363 e. The average molecular weight is 193 g/mol. The molecular formula is C9H11N3S. The number of rotatable bonds is 2. The lowest BCUT2D eigenvalue weighted by atomic mass is 10.2. The number of aromatic amines is 1. The van der Waals surface area contributed by atoms with Gasteiger partial charge in [-0.1, -0.05) is 0 Å². The maximum Gasteiger partial charge on any atom is 0.0898 e. The second-order valence-electron chi connectivity index (χ2n) is 2.89. The predicted octanol–water partition coefficient (Wildman–Crippen LogP) is 1.83. The van der Waals surface area contributed by atoms with Crippen molar-refractivity contribution < 1.29 is 0 Å². The summed E-state index contributed by atoms with van der Waals surface area (Å²) in [5, 5.41) is 3.05. The van der Waals surface area contributed by atoms with Crippen LogP contribution in [0, 0.1) is 6.92 Å². The molecule has 0 radical (unpaired) electrons. The first-order chi connectivity index (χ1) is 6.27. The van der Waals surface area contributed by atoms with Crippen molar-refractivity contribution in [3.63, 3.8) is 0 Å². The highest BCUT2D eigenvalue weighted by Gasteiger charge is 2.11. The van der Waals surface area contributed by atoms with E-state index in [4.69, 9.17) is 5.73 Å². The predicted molar refractivity (Wildman–Crippen MR) is 53.7 cm³/mol. The van der Waals surface area contributed by atoms with E-state index in [1.165, 1.54) is 0 Å². The Morgan fingerprint density at radius 2 is 2.46 bits per heavy atom. The Morgan fingerprint density at radius 1 is 1.62 bits per heavy atom. The number of aromatic nitrogens is 2. The van der Waals surface area contributed by atoms with Gasteiger partial charge in [0.1, 0.15) is 0 Å². The van der Waals surface area contributed by atoms with Crippen LogP contribution < -0.4 is 5.73 Å². The van der Waals surface area contributed by atoms with E-state index in [0.717, 1.165) is 16.4 Å². The first-order valence-electron chi connectivity index (χ1n) is 4.08. The normalized spacial score (nSPS) is 13.1. The molecule has 68 valence electrons. The van der Waals surface area contributed by atoms with Crippen LogP contribution in [0.2, 0.25) is 0 Å². The topological polar surface area (TPSA) is 54.7 Å². The Labute approximate surface area is 80.6 Å². The first-order valence-corrected chi connectivity index (χ1v) is 4.96. The number of aryl methyl sites for hydroxylation is 1. The van der Waals surface area contributed by atoms with Crippen molar-refractivity contribution in [2.24, 2.45) is 5.73 Å². The van der Waals surface area contributed by atoms with E-state index < -0.39 is 0 Å². The minimum atomic E-state index is -0.125. The SMILES string of the molecule is Cc1nc(C(N)c2ccc[nH]2)cs1. The van der Waals surface area contributed by atoms with Crippen LogP contribution >= 0.6 is 11.3 Å². The van der Waals surface area contributed by atoms with Crippen LogP contribution in [0.4, 0.5) is 0 Å². The number of nitrogens with two attached hydrogens (primary N) is 1. The Hall–Kier alpha value is -1.13. The van der Waals surface area contributed by atoms with Gasteiger partial charge in [0.05, 0.1) is 16.7 Å². The van der Waals surface area contributed by atoms with E-state index in [1.807, 2.05) is 30.6 Å². The number of H-pyrrole nitrogens is 1. The van der Waals surface area contributed by atoms with E-state index in [2.05, 4.69) is 9.97 Å². The molecule has 3 nitrogen and oxygen atoms in total. The van der Waals surface area contributed by atoms with Gasteiger partial charge in [0.2, 0.25) is 0 Å². The molecule has 0 bridgehead atoms. The Kier molecular flexibility index (Phi) is 2.16. The monoisotopic (exact) mass is 193 g/mol. The summed E-state index contributed by atoms with van der Waals surface area (Å²) in [5.41, 5.74) is 7.93. The third-order valence-electron chi connectivity index (χ3n) is 1.91. The minimum absolute atomic E-state index is 0.125.